The minimum absolute atomic E-state index is 0.640. The van der Waals surface area contributed by atoms with Gasteiger partial charge < -0.3 is 0 Å². The topological polar surface area (TPSA) is 103 Å². The minimum atomic E-state index is 0.640. The van der Waals surface area contributed by atoms with Gasteiger partial charge >= 0.3 is 0 Å². The number of hydrogen-bond donors (Lipinski definition) is 0. The summed E-state index contributed by atoms with van der Waals surface area (Å²) in [5.74, 6) is 3.90. The highest BCUT2D eigenvalue weighted by Gasteiger charge is 2.18. The van der Waals surface area contributed by atoms with Gasteiger partial charge in [-0.1, -0.05) is 358 Å². The second-order valence-corrected chi connectivity index (χ2v) is 25.4. The summed E-state index contributed by atoms with van der Waals surface area (Å²) in [5, 5.41) is 4.82. The van der Waals surface area contributed by atoms with Crippen LogP contribution in [0.15, 0.2) is 388 Å². The molecule has 0 atom stereocenters. The maximum atomic E-state index is 5.15. The summed E-state index contributed by atoms with van der Waals surface area (Å²) in [6.45, 7) is 0. The first-order chi connectivity index (χ1) is 51.5. The molecule has 4 heterocycles. The van der Waals surface area contributed by atoms with Crippen LogP contribution in [-0.4, -0.2) is 39.9 Å². The smallest absolute Gasteiger partial charge is 0.164 e. The van der Waals surface area contributed by atoms with E-state index in [2.05, 4.69) is 242 Å². The summed E-state index contributed by atoms with van der Waals surface area (Å²) in [4.78, 5) is 39.0. The number of fused-ring (bicyclic) bond motifs is 2. The molecule has 488 valence electrons. The van der Waals surface area contributed by atoms with Gasteiger partial charge in [-0.3, -0.25) is 4.98 Å². The number of nitrogens with zero attached hydrogens (tertiary/aromatic N) is 8. The first kappa shape index (κ1) is 63.4. The summed E-state index contributed by atoms with van der Waals surface area (Å²) in [6.07, 6.45) is 1.83. The average Bonchev–Trinajstić information content (AvgIpc) is 0.776. The third-order valence-corrected chi connectivity index (χ3v) is 18.8. The minimum Gasteiger partial charge on any atom is -0.256 e. The number of benzene rings is 14. The molecule has 0 unspecified atom stereocenters. The Labute approximate surface area is 603 Å². The van der Waals surface area contributed by atoms with E-state index in [1.54, 1.807) is 0 Å². The molecule has 18 rings (SSSR count). The Bertz CT molecular complexity index is 5630. The lowest BCUT2D eigenvalue weighted by Gasteiger charge is -2.13. The van der Waals surface area contributed by atoms with Gasteiger partial charge in [0.05, 0.1) is 17.1 Å². The van der Waals surface area contributed by atoms with Crippen molar-refractivity contribution in [3.8, 4) is 158 Å². The van der Waals surface area contributed by atoms with E-state index in [-0.39, 0.29) is 0 Å². The summed E-state index contributed by atoms with van der Waals surface area (Å²) < 4.78 is 0. The molecule has 0 fully saturated rings. The van der Waals surface area contributed by atoms with Crippen LogP contribution < -0.4 is 0 Å². The molecule has 8 nitrogen and oxygen atoms in total. The van der Waals surface area contributed by atoms with Gasteiger partial charge in [-0.05, 0) is 101 Å². The van der Waals surface area contributed by atoms with E-state index in [0.29, 0.717) is 34.9 Å². The Balaban J connectivity index is 0.000000158. The van der Waals surface area contributed by atoms with E-state index in [1.807, 2.05) is 152 Å². The van der Waals surface area contributed by atoms with Gasteiger partial charge in [0.25, 0.3) is 0 Å². The quantitative estimate of drug-likeness (QED) is 0.106. The van der Waals surface area contributed by atoms with E-state index >= 15 is 0 Å². The molecule has 0 spiro atoms. The predicted octanol–water partition coefficient (Wildman–Crippen LogP) is 24.2. The van der Waals surface area contributed by atoms with Crippen LogP contribution in [0.5, 0.6) is 0 Å². The Hall–Kier alpha value is -14.1. The third kappa shape index (κ3) is 13.5. The van der Waals surface area contributed by atoms with Crippen molar-refractivity contribution in [2.75, 3.05) is 0 Å². The van der Waals surface area contributed by atoms with Crippen molar-refractivity contribution in [2.45, 2.75) is 0 Å². The van der Waals surface area contributed by atoms with Gasteiger partial charge in [0.15, 0.2) is 34.9 Å². The zero-order valence-electron chi connectivity index (χ0n) is 56.5. The van der Waals surface area contributed by atoms with Crippen molar-refractivity contribution >= 4 is 21.5 Å². The molecule has 0 aliphatic heterocycles. The van der Waals surface area contributed by atoms with Crippen LogP contribution >= 0.6 is 0 Å². The van der Waals surface area contributed by atoms with E-state index in [9.17, 15) is 0 Å². The molecule has 0 aliphatic rings. The van der Waals surface area contributed by atoms with Crippen molar-refractivity contribution in [1.82, 2.24) is 39.9 Å². The fraction of sp³-hybridized carbons (Fsp3) is 0. The van der Waals surface area contributed by atoms with Crippen molar-refractivity contribution in [3.05, 3.63) is 388 Å². The molecule has 4 aromatic heterocycles. The molecule has 8 heteroatoms. The maximum absolute atomic E-state index is 5.15. The highest BCUT2D eigenvalue weighted by atomic mass is 15.0. The van der Waals surface area contributed by atoms with Crippen LogP contribution in [0.1, 0.15) is 0 Å². The van der Waals surface area contributed by atoms with Crippen LogP contribution in [0.4, 0.5) is 0 Å². The highest BCUT2D eigenvalue weighted by Crippen LogP contribution is 2.40. The van der Waals surface area contributed by atoms with Crippen molar-refractivity contribution < 1.29 is 0 Å². The fourth-order valence-corrected chi connectivity index (χ4v) is 13.5. The SMILES string of the molecule is c1ccc(-c2cc(-c3ccccc3)nc(-c3ccc(-c4cccc5c(-c6ccc(-c7nc(-c8ccccc8)nc(-c8ccccc8)n7)cc6)cccc45)cc3)c2)cc1.c1ccc(-c2nc(-c3ccccc3)nc(-c3ccc(-c4cccc5c(-c6ccc(-c7ccccn7)cc6)cccc45)cc3)n2)cc1. The molecule has 18 aromatic rings. The number of aromatic nitrogens is 8. The highest BCUT2D eigenvalue weighted by molar-refractivity contribution is 6.06. The van der Waals surface area contributed by atoms with Crippen LogP contribution in [-0.2, 0) is 0 Å². The van der Waals surface area contributed by atoms with E-state index in [1.165, 1.54) is 54.9 Å². The van der Waals surface area contributed by atoms with Gasteiger partial charge in [0.1, 0.15) is 0 Å². The largest absolute Gasteiger partial charge is 0.256 e. The number of hydrogen-bond acceptors (Lipinski definition) is 8. The van der Waals surface area contributed by atoms with Crippen molar-refractivity contribution in [1.29, 1.82) is 0 Å². The first-order valence-corrected chi connectivity index (χ1v) is 34.8. The molecule has 104 heavy (non-hydrogen) atoms. The standard InChI is InChI=1S/C54H36N4.C42H28N4/c1-5-15-37(16-6-1)45-35-50(40-17-7-2-8-18-40)55-51(36-45)41-31-27-38(28-32-41)46-23-13-26-49-47(24-14-25-48(46)49)39-29-33-44(34-30-39)54-57-52(42-19-9-3-10-20-42)56-53(58-54)43-21-11-4-12-22-43;1-3-11-32(12-4-1)40-44-41(33-13-5-2-6-14-33)46-42(45-40)34-26-22-30(23-27-34)36-16-10-17-37-35(15-9-18-38(36)37)29-20-24-31(25-21-29)39-19-7-8-28-43-39/h1-36H;1-28H. The predicted molar refractivity (Wildman–Crippen MR) is 426 cm³/mol. The van der Waals surface area contributed by atoms with Crippen LogP contribution in [0.2, 0.25) is 0 Å². The Morgan fingerprint density at radius 1 is 0.135 bits per heavy atom. The van der Waals surface area contributed by atoms with Gasteiger partial charge in [-0.2, -0.15) is 0 Å². The van der Waals surface area contributed by atoms with Crippen LogP contribution in [0.25, 0.3) is 179 Å². The number of rotatable bonds is 14. The second-order valence-electron chi connectivity index (χ2n) is 25.4. The third-order valence-electron chi connectivity index (χ3n) is 18.8. The monoisotopic (exact) mass is 1330 g/mol. The summed E-state index contributed by atoms with van der Waals surface area (Å²) in [5.41, 5.74) is 23.5. The van der Waals surface area contributed by atoms with Gasteiger partial charge in [0, 0.05) is 56.3 Å². The fourth-order valence-electron chi connectivity index (χ4n) is 13.5. The van der Waals surface area contributed by atoms with Gasteiger partial charge in [-0.15, -0.1) is 0 Å². The average molecular weight is 1330 g/mol. The molecule has 0 N–H and O–H groups in total. The summed E-state index contributed by atoms with van der Waals surface area (Å²) in [6, 6.07) is 132. The van der Waals surface area contributed by atoms with E-state index in [0.717, 1.165) is 89.4 Å². The molecule has 0 saturated heterocycles. The lowest BCUT2D eigenvalue weighted by molar-refractivity contribution is 1.07. The molecule has 0 radical (unpaired) electrons. The van der Waals surface area contributed by atoms with Crippen molar-refractivity contribution in [2.24, 2.45) is 0 Å². The molecule has 0 saturated carbocycles. The first-order valence-electron chi connectivity index (χ1n) is 34.8. The van der Waals surface area contributed by atoms with Gasteiger partial charge in [-0.25, -0.2) is 34.9 Å². The van der Waals surface area contributed by atoms with Crippen LogP contribution in [0, 0.1) is 0 Å². The lowest BCUT2D eigenvalue weighted by atomic mass is 9.92. The van der Waals surface area contributed by atoms with Crippen LogP contribution in [0.3, 0.4) is 0 Å². The lowest BCUT2D eigenvalue weighted by Crippen LogP contribution is -2.00. The number of pyridine rings is 2. The molecule has 0 amide bonds. The molecule has 14 aromatic carbocycles. The zero-order chi connectivity index (χ0) is 69.4. The Morgan fingerprint density at radius 2 is 0.365 bits per heavy atom. The molecule has 0 bridgehead atoms. The second kappa shape index (κ2) is 29.0. The molecular weight excluding hydrogens is 1270 g/mol. The van der Waals surface area contributed by atoms with Gasteiger partial charge in [0.2, 0.25) is 0 Å². The van der Waals surface area contributed by atoms with E-state index < -0.39 is 0 Å². The maximum Gasteiger partial charge on any atom is 0.164 e. The molecule has 0 aliphatic carbocycles. The van der Waals surface area contributed by atoms with Crippen molar-refractivity contribution in [3.63, 3.8) is 0 Å². The molecular formula is C96H64N8. The Morgan fingerprint density at radius 3 is 0.654 bits per heavy atom. The normalized spacial score (nSPS) is 11.1. The van der Waals surface area contributed by atoms with E-state index in [4.69, 9.17) is 34.9 Å². The summed E-state index contributed by atoms with van der Waals surface area (Å²) in [7, 11) is 0. The Kier molecular flexibility index (Phi) is 17.7. The zero-order valence-corrected chi connectivity index (χ0v) is 56.5. The summed E-state index contributed by atoms with van der Waals surface area (Å²) >= 11 is 0.